The summed E-state index contributed by atoms with van der Waals surface area (Å²) >= 11 is 7.55. The highest BCUT2D eigenvalue weighted by Gasteiger charge is 2.21. The van der Waals surface area contributed by atoms with Crippen LogP contribution in [0.25, 0.3) is 0 Å². The third-order valence-electron chi connectivity index (χ3n) is 4.03. The minimum atomic E-state index is -0.183. The Hall–Kier alpha value is -1.63. The van der Waals surface area contributed by atoms with E-state index in [4.69, 9.17) is 17.3 Å². The van der Waals surface area contributed by atoms with Crippen LogP contribution in [0.4, 0.5) is 0 Å². The SMILES string of the molecule is NC1CCC(NC(=O)c2ccc(Sc3ccccc3Cl)nn2)CC1. The molecular formula is C17H19ClN4OS. The molecule has 0 saturated heterocycles. The molecule has 24 heavy (non-hydrogen) atoms. The highest BCUT2D eigenvalue weighted by Crippen LogP contribution is 2.31. The van der Waals surface area contributed by atoms with Crippen molar-refractivity contribution < 1.29 is 4.79 Å². The van der Waals surface area contributed by atoms with Crippen LogP contribution in [-0.2, 0) is 0 Å². The quantitative estimate of drug-likeness (QED) is 0.872. The number of carbonyl (C=O) groups excluding carboxylic acids is 1. The fraction of sp³-hybridized carbons (Fsp3) is 0.353. The van der Waals surface area contributed by atoms with Crippen molar-refractivity contribution >= 4 is 29.3 Å². The van der Waals surface area contributed by atoms with Crippen LogP contribution < -0.4 is 11.1 Å². The molecule has 3 N–H and O–H groups in total. The molecule has 1 amide bonds. The van der Waals surface area contributed by atoms with Gasteiger partial charge in [-0.25, -0.2) is 0 Å². The van der Waals surface area contributed by atoms with Gasteiger partial charge >= 0.3 is 0 Å². The zero-order valence-electron chi connectivity index (χ0n) is 13.1. The molecule has 2 aromatic rings. The molecule has 3 rings (SSSR count). The highest BCUT2D eigenvalue weighted by atomic mass is 35.5. The van der Waals surface area contributed by atoms with Crippen molar-refractivity contribution in [2.75, 3.05) is 0 Å². The lowest BCUT2D eigenvalue weighted by Gasteiger charge is -2.26. The van der Waals surface area contributed by atoms with E-state index in [1.807, 2.05) is 24.3 Å². The van der Waals surface area contributed by atoms with Crippen LogP contribution >= 0.6 is 23.4 Å². The highest BCUT2D eigenvalue weighted by molar-refractivity contribution is 7.99. The molecule has 1 heterocycles. The lowest BCUT2D eigenvalue weighted by Crippen LogP contribution is -2.40. The van der Waals surface area contributed by atoms with Crippen molar-refractivity contribution in [3.8, 4) is 0 Å². The van der Waals surface area contributed by atoms with Gasteiger partial charge in [-0.05, 0) is 49.9 Å². The number of hydrogen-bond donors (Lipinski definition) is 2. The van der Waals surface area contributed by atoms with Crippen LogP contribution in [0.2, 0.25) is 5.02 Å². The van der Waals surface area contributed by atoms with Crippen LogP contribution in [0.5, 0.6) is 0 Å². The Morgan fingerprint density at radius 2 is 1.88 bits per heavy atom. The minimum Gasteiger partial charge on any atom is -0.348 e. The van der Waals surface area contributed by atoms with Gasteiger partial charge in [0.15, 0.2) is 5.69 Å². The molecule has 7 heteroatoms. The summed E-state index contributed by atoms with van der Waals surface area (Å²) in [7, 11) is 0. The Balaban J connectivity index is 1.59. The largest absolute Gasteiger partial charge is 0.348 e. The Bertz CT molecular complexity index is 702. The number of nitrogens with zero attached hydrogens (tertiary/aromatic N) is 2. The monoisotopic (exact) mass is 362 g/mol. The van der Waals surface area contributed by atoms with Gasteiger partial charge in [-0.1, -0.05) is 35.5 Å². The summed E-state index contributed by atoms with van der Waals surface area (Å²) in [5.74, 6) is -0.183. The van der Waals surface area contributed by atoms with E-state index in [1.54, 1.807) is 12.1 Å². The standard InChI is InChI=1S/C17H19ClN4OS/c18-13-3-1-2-4-15(13)24-16-10-9-14(21-22-16)17(23)20-12-7-5-11(19)6-8-12/h1-4,9-12H,5-8,19H2,(H,20,23). The first kappa shape index (κ1) is 17.2. The van der Waals surface area contributed by atoms with Crippen LogP contribution in [0.15, 0.2) is 46.3 Å². The smallest absolute Gasteiger partial charge is 0.272 e. The van der Waals surface area contributed by atoms with E-state index < -0.39 is 0 Å². The predicted octanol–water partition coefficient (Wildman–Crippen LogP) is 3.28. The second-order valence-electron chi connectivity index (χ2n) is 5.87. The number of nitrogens with one attached hydrogen (secondary N) is 1. The fourth-order valence-corrected chi connectivity index (χ4v) is 3.67. The maximum Gasteiger partial charge on any atom is 0.272 e. The molecule has 0 radical (unpaired) electrons. The topological polar surface area (TPSA) is 80.9 Å². The van der Waals surface area contributed by atoms with Gasteiger partial charge in [-0.3, -0.25) is 4.79 Å². The van der Waals surface area contributed by atoms with E-state index >= 15 is 0 Å². The molecular weight excluding hydrogens is 344 g/mol. The average Bonchev–Trinajstić information content (AvgIpc) is 2.59. The molecule has 0 spiro atoms. The number of hydrogen-bond acceptors (Lipinski definition) is 5. The normalized spacial score (nSPS) is 20.6. The summed E-state index contributed by atoms with van der Waals surface area (Å²) in [6.45, 7) is 0. The molecule has 1 aliphatic rings. The zero-order valence-corrected chi connectivity index (χ0v) is 14.7. The molecule has 1 saturated carbocycles. The lowest BCUT2D eigenvalue weighted by molar-refractivity contribution is 0.0919. The summed E-state index contributed by atoms with van der Waals surface area (Å²) in [6, 6.07) is 11.5. The molecule has 0 atom stereocenters. The zero-order chi connectivity index (χ0) is 16.9. The summed E-state index contributed by atoms with van der Waals surface area (Å²) < 4.78 is 0. The van der Waals surface area contributed by atoms with Gasteiger partial charge in [0.05, 0.1) is 5.02 Å². The second kappa shape index (κ2) is 7.96. The minimum absolute atomic E-state index is 0.177. The van der Waals surface area contributed by atoms with E-state index in [9.17, 15) is 4.79 Å². The van der Waals surface area contributed by atoms with Crippen molar-refractivity contribution in [3.63, 3.8) is 0 Å². The first-order valence-corrected chi connectivity index (χ1v) is 9.14. The summed E-state index contributed by atoms with van der Waals surface area (Å²) in [6.07, 6.45) is 3.73. The Labute approximate surface area is 150 Å². The average molecular weight is 363 g/mol. The Kier molecular flexibility index (Phi) is 5.71. The second-order valence-corrected chi connectivity index (χ2v) is 7.34. The molecule has 0 aliphatic heterocycles. The first-order chi connectivity index (χ1) is 11.6. The number of amides is 1. The van der Waals surface area contributed by atoms with Crippen molar-refractivity contribution in [2.45, 2.75) is 47.7 Å². The molecule has 1 aromatic heterocycles. The van der Waals surface area contributed by atoms with E-state index in [-0.39, 0.29) is 18.0 Å². The predicted molar refractivity (Wildman–Crippen MR) is 95.3 cm³/mol. The van der Waals surface area contributed by atoms with Crippen LogP contribution in [0.1, 0.15) is 36.2 Å². The van der Waals surface area contributed by atoms with Gasteiger partial charge in [0.2, 0.25) is 0 Å². The third kappa shape index (κ3) is 4.47. The van der Waals surface area contributed by atoms with Crippen molar-refractivity contribution in [3.05, 3.63) is 47.1 Å². The van der Waals surface area contributed by atoms with Crippen LogP contribution in [0, 0.1) is 0 Å². The van der Waals surface area contributed by atoms with Gasteiger partial charge in [0.1, 0.15) is 5.03 Å². The summed E-state index contributed by atoms with van der Waals surface area (Å²) in [5, 5.41) is 12.5. The molecule has 0 unspecified atom stereocenters. The molecule has 0 bridgehead atoms. The summed E-state index contributed by atoms with van der Waals surface area (Å²) in [4.78, 5) is 13.2. The van der Waals surface area contributed by atoms with Crippen molar-refractivity contribution in [1.82, 2.24) is 15.5 Å². The molecule has 5 nitrogen and oxygen atoms in total. The lowest BCUT2D eigenvalue weighted by atomic mass is 9.92. The van der Waals surface area contributed by atoms with Crippen molar-refractivity contribution in [1.29, 1.82) is 0 Å². The summed E-state index contributed by atoms with van der Waals surface area (Å²) in [5.41, 5.74) is 6.21. The van der Waals surface area contributed by atoms with Crippen LogP contribution in [-0.4, -0.2) is 28.2 Å². The Morgan fingerprint density at radius 3 is 2.54 bits per heavy atom. The number of rotatable bonds is 4. The van der Waals surface area contributed by atoms with Gasteiger partial charge in [-0.2, -0.15) is 0 Å². The number of halogens is 1. The number of benzene rings is 1. The Morgan fingerprint density at radius 1 is 1.12 bits per heavy atom. The van der Waals surface area contributed by atoms with Crippen LogP contribution in [0.3, 0.4) is 0 Å². The maximum atomic E-state index is 12.2. The number of carbonyl (C=O) groups is 1. The van der Waals surface area contributed by atoms with Gasteiger partial charge < -0.3 is 11.1 Å². The first-order valence-electron chi connectivity index (χ1n) is 7.94. The van der Waals surface area contributed by atoms with Gasteiger partial charge in [0.25, 0.3) is 5.91 Å². The van der Waals surface area contributed by atoms with E-state index in [1.165, 1.54) is 11.8 Å². The van der Waals surface area contributed by atoms with Crippen molar-refractivity contribution in [2.24, 2.45) is 5.73 Å². The van der Waals surface area contributed by atoms with E-state index in [0.29, 0.717) is 15.7 Å². The van der Waals surface area contributed by atoms with Gasteiger partial charge in [0, 0.05) is 17.0 Å². The maximum absolute atomic E-state index is 12.2. The molecule has 1 aliphatic carbocycles. The molecule has 126 valence electrons. The molecule has 1 aromatic carbocycles. The van der Waals surface area contributed by atoms with E-state index in [2.05, 4.69) is 15.5 Å². The number of aromatic nitrogens is 2. The third-order valence-corrected chi connectivity index (χ3v) is 5.48. The van der Waals surface area contributed by atoms with Gasteiger partial charge in [-0.15, -0.1) is 10.2 Å². The molecule has 1 fully saturated rings. The number of nitrogens with two attached hydrogens (primary N) is 1. The fourth-order valence-electron chi connectivity index (χ4n) is 2.66. The van der Waals surface area contributed by atoms with E-state index in [0.717, 1.165) is 30.6 Å².